The van der Waals surface area contributed by atoms with E-state index in [2.05, 4.69) is 25.1 Å². The highest BCUT2D eigenvalue weighted by Gasteiger charge is 2.26. The normalized spacial score (nSPS) is 17.4. The van der Waals surface area contributed by atoms with Gasteiger partial charge in [-0.3, -0.25) is 4.79 Å². The minimum absolute atomic E-state index is 0.115. The molecule has 2 N–H and O–H groups in total. The minimum atomic E-state index is 0.115. The third-order valence-electron chi connectivity index (χ3n) is 4.19. The number of hydrogen-bond donors (Lipinski definition) is 1. The number of nitrogens with two attached hydrogens (primary N) is 1. The first kappa shape index (κ1) is 13.7. The number of carbonyl (C=O) groups is 1. The van der Waals surface area contributed by atoms with Crippen LogP contribution in [-0.2, 0) is 11.2 Å². The number of anilines is 2. The smallest absolute Gasteiger partial charge is 0.224 e. The zero-order valence-corrected chi connectivity index (χ0v) is 12.5. The van der Waals surface area contributed by atoms with Crippen LogP contribution in [0, 0.1) is 0 Å². The summed E-state index contributed by atoms with van der Waals surface area (Å²) in [5.41, 5.74) is 11.1. The van der Waals surface area contributed by atoms with Crippen molar-refractivity contribution >= 4 is 17.3 Å². The number of nitrogen functional groups attached to an aromatic ring is 1. The number of hydrogen-bond acceptors (Lipinski definition) is 2. The molecule has 3 heteroatoms. The van der Waals surface area contributed by atoms with Crippen molar-refractivity contribution in [1.82, 2.24) is 0 Å². The van der Waals surface area contributed by atoms with Gasteiger partial charge >= 0.3 is 0 Å². The van der Waals surface area contributed by atoms with Crippen LogP contribution >= 0.6 is 0 Å². The molecule has 2 aromatic carbocycles. The Morgan fingerprint density at radius 1 is 1.14 bits per heavy atom. The summed E-state index contributed by atoms with van der Waals surface area (Å²) in [5, 5.41) is 0. The Balaban J connectivity index is 2.02. The summed E-state index contributed by atoms with van der Waals surface area (Å²) in [6, 6.07) is 14.5. The van der Waals surface area contributed by atoms with Crippen LogP contribution in [0.2, 0.25) is 0 Å². The van der Waals surface area contributed by atoms with Crippen LogP contribution in [0.25, 0.3) is 11.1 Å². The molecule has 0 aliphatic carbocycles. The second-order valence-corrected chi connectivity index (χ2v) is 5.74. The number of aryl methyl sites for hydroxylation is 1. The van der Waals surface area contributed by atoms with Gasteiger partial charge in [-0.15, -0.1) is 0 Å². The van der Waals surface area contributed by atoms with Crippen molar-refractivity contribution in [1.29, 1.82) is 0 Å². The van der Waals surface area contributed by atoms with Gasteiger partial charge in [0, 0.05) is 24.3 Å². The highest BCUT2D eigenvalue weighted by Crippen LogP contribution is 2.34. The first-order valence-electron chi connectivity index (χ1n) is 7.35. The van der Waals surface area contributed by atoms with E-state index in [0.717, 1.165) is 29.8 Å². The molecule has 21 heavy (non-hydrogen) atoms. The van der Waals surface area contributed by atoms with Crippen molar-refractivity contribution in [2.75, 3.05) is 10.6 Å². The predicted octanol–water partition coefficient (Wildman–Crippen LogP) is 3.62. The highest BCUT2D eigenvalue weighted by atomic mass is 16.2. The molecule has 0 fully saturated rings. The zero-order valence-electron chi connectivity index (χ0n) is 12.5. The molecule has 3 nitrogen and oxygen atoms in total. The van der Waals surface area contributed by atoms with Gasteiger partial charge in [0.25, 0.3) is 0 Å². The number of amides is 1. The first-order valence-corrected chi connectivity index (χ1v) is 7.35. The second-order valence-electron chi connectivity index (χ2n) is 5.74. The fraction of sp³-hybridized carbons (Fsp3) is 0.278. The summed E-state index contributed by atoms with van der Waals surface area (Å²) in [5.74, 6) is 0.115. The van der Waals surface area contributed by atoms with Gasteiger partial charge in [0.1, 0.15) is 0 Å². The van der Waals surface area contributed by atoms with E-state index in [0.29, 0.717) is 0 Å². The van der Waals surface area contributed by atoms with E-state index in [9.17, 15) is 4.79 Å². The van der Waals surface area contributed by atoms with Crippen LogP contribution < -0.4 is 10.6 Å². The van der Waals surface area contributed by atoms with E-state index >= 15 is 0 Å². The van der Waals surface area contributed by atoms with Crippen LogP contribution in [0.3, 0.4) is 0 Å². The number of nitrogens with zero attached hydrogens (tertiary/aromatic N) is 1. The molecular weight excluding hydrogens is 260 g/mol. The van der Waals surface area contributed by atoms with Gasteiger partial charge in [0.05, 0.1) is 0 Å². The number of fused-ring (bicyclic) bond motifs is 1. The van der Waals surface area contributed by atoms with Gasteiger partial charge in [0.15, 0.2) is 0 Å². The average molecular weight is 280 g/mol. The zero-order chi connectivity index (χ0) is 15.0. The molecule has 0 spiro atoms. The van der Waals surface area contributed by atoms with Crippen molar-refractivity contribution < 1.29 is 4.79 Å². The van der Waals surface area contributed by atoms with Crippen LogP contribution in [0.5, 0.6) is 0 Å². The second kappa shape index (κ2) is 5.24. The van der Waals surface area contributed by atoms with E-state index < -0.39 is 0 Å². The molecule has 1 heterocycles. The molecule has 108 valence electrons. The lowest BCUT2D eigenvalue weighted by Crippen LogP contribution is -2.40. The topological polar surface area (TPSA) is 46.3 Å². The van der Waals surface area contributed by atoms with E-state index in [1.807, 2.05) is 29.2 Å². The molecule has 0 aromatic heterocycles. The molecule has 0 saturated carbocycles. The molecule has 0 radical (unpaired) electrons. The standard InChI is InChI=1S/C18H20N2O/c1-12-3-4-16-11-15(14-5-8-17(19)9-6-14)7-10-18(16)20(12)13(2)21/h5-12H,3-4,19H2,1-2H3/t12-/m0/s1. The Morgan fingerprint density at radius 2 is 1.81 bits per heavy atom. The Morgan fingerprint density at radius 3 is 2.48 bits per heavy atom. The maximum atomic E-state index is 11.9. The fourth-order valence-corrected chi connectivity index (χ4v) is 3.09. The Bertz CT molecular complexity index is 676. The largest absolute Gasteiger partial charge is 0.399 e. The van der Waals surface area contributed by atoms with Crippen molar-refractivity contribution in [3.8, 4) is 11.1 Å². The summed E-state index contributed by atoms with van der Waals surface area (Å²) >= 11 is 0. The number of carbonyl (C=O) groups excluding carboxylic acids is 1. The molecular formula is C18H20N2O. The van der Waals surface area contributed by atoms with Gasteiger partial charge < -0.3 is 10.6 Å². The van der Waals surface area contributed by atoms with Gasteiger partial charge in [-0.25, -0.2) is 0 Å². The molecule has 0 unspecified atom stereocenters. The number of benzene rings is 2. The van der Waals surface area contributed by atoms with Crippen LogP contribution in [0.1, 0.15) is 25.8 Å². The Hall–Kier alpha value is -2.29. The van der Waals surface area contributed by atoms with Gasteiger partial charge in [-0.2, -0.15) is 0 Å². The van der Waals surface area contributed by atoms with Crippen LogP contribution in [-0.4, -0.2) is 11.9 Å². The quantitative estimate of drug-likeness (QED) is 0.811. The lowest BCUT2D eigenvalue weighted by Gasteiger charge is -2.34. The highest BCUT2D eigenvalue weighted by molar-refractivity contribution is 5.94. The third kappa shape index (κ3) is 2.51. The summed E-state index contributed by atoms with van der Waals surface area (Å²) in [6.45, 7) is 3.75. The Kier molecular flexibility index (Phi) is 3.42. The molecule has 0 bridgehead atoms. The minimum Gasteiger partial charge on any atom is -0.399 e. The van der Waals surface area contributed by atoms with Gasteiger partial charge in [-0.05, 0) is 60.7 Å². The van der Waals surface area contributed by atoms with E-state index in [1.54, 1.807) is 6.92 Å². The van der Waals surface area contributed by atoms with Crippen molar-refractivity contribution in [3.05, 3.63) is 48.0 Å². The fourth-order valence-electron chi connectivity index (χ4n) is 3.09. The maximum Gasteiger partial charge on any atom is 0.224 e. The summed E-state index contributed by atoms with van der Waals surface area (Å²) < 4.78 is 0. The molecule has 2 aromatic rings. The first-order chi connectivity index (χ1) is 10.1. The van der Waals surface area contributed by atoms with Crippen LogP contribution in [0.15, 0.2) is 42.5 Å². The SMILES string of the molecule is CC(=O)N1c2ccc(-c3ccc(N)cc3)cc2CC[C@@H]1C. The molecule has 1 atom stereocenters. The lowest BCUT2D eigenvalue weighted by atomic mass is 9.93. The summed E-state index contributed by atoms with van der Waals surface area (Å²) in [7, 11) is 0. The maximum absolute atomic E-state index is 11.9. The predicted molar refractivity (Wildman–Crippen MR) is 87.2 cm³/mol. The summed E-state index contributed by atoms with van der Waals surface area (Å²) in [6.07, 6.45) is 2.03. The van der Waals surface area contributed by atoms with Gasteiger partial charge in [-0.1, -0.05) is 18.2 Å². The molecule has 1 aliphatic heterocycles. The van der Waals surface area contributed by atoms with Crippen molar-refractivity contribution in [3.63, 3.8) is 0 Å². The van der Waals surface area contributed by atoms with E-state index in [-0.39, 0.29) is 11.9 Å². The van der Waals surface area contributed by atoms with Crippen molar-refractivity contribution in [2.45, 2.75) is 32.7 Å². The van der Waals surface area contributed by atoms with Gasteiger partial charge in [0.2, 0.25) is 5.91 Å². The van der Waals surface area contributed by atoms with Crippen molar-refractivity contribution in [2.24, 2.45) is 0 Å². The monoisotopic (exact) mass is 280 g/mol. The molecule has 3 rings (SSSR count). The molecule has 1 aliphatic rings. The lowest BCUT2D eigenvalue weighted by molar-refractivity contribution is -0.117. The number of rotatable bonds is 1. The average Bonchev–Trinajstić information content (AvgIpc) is 2.47. The third-order valence-corrected chi connectivity index (χ3v) is 4.19. The van der Waals surface area contributed by atoms with Crippen LogP contribution in [0.4, 0.5) is 11.4 Å². The molecule has 1 amide bonds. The Labute approximate surface area is 125 Å². The van der Waals surface area contributed by atoms with E-state index in [1.165, 1.54) is 11.1 Å². The summed E-state index contributed by atoms with van der Waals surface area (Å²) in [4.78, 5) is 13.8. The van der Waals surface area contributed by atoms with E-state index in [4.69, 9.17) is 5.73 Å². The molecule has 0 saturated heterocycles.